The van der Waals surface area contributed by atoms with Gasteiger partial charge in [-0.05, 0) is 37.0 Å². The maximum Gasteiger partial charge on any atom is 0.338 e. The van der Waals surface area contributed by atoms with E-state index in [1.165, 1.54) is 0 Å². The lowest BCUT2D eigenvalue weighted by molar-refractivity contribution is -0.125. The first-order valence-electron chi connectivity index (χ1n) is 9.06. The molecule has 0 bridgehead atoms. The van der Waals surface area contributed by atoms with E-state index in [0.717, 1.165) is 19.3 Å². The van der Waals surface area contributed by atoms with E-state index in [9.17, 15) is 14.9 Å². The van der Waals surface area contributed by atoms with Crippen LogP contribution in [0.25, 0.3) is 0 Å². The second-order valence-corrected chi connectivity index (χ2v) is 7.11. The van der Waals surface area contributed by atoms with Crippen LogP contribution in [0.3, 0.4) is 0 Å². The Kier molecular flexibility index (Phi) is 7.02. The third kappa shape index (κ3) is 5.76. The van der Waals surface area contributed by atoms with E-state index in [2.05, 4.69) is 11.4 Å². The maximum absolute atomic E-state index is 12.2. The van der Waals surface area contributed by atoms with E-state index in [1.54, 1.807) is 24.3 Å². The predicted molar refractivity (Wildman–Crippen MR) is 96.6 cm³/mol. The maximum atomic E-state index is 12.2. The summed E-state index contributed by atoms with van der Waals surface area (Å²) < 4.78 is 10.7. The molecule has 1 fully saturated rings. The zero-order valence-corrected chi connectivity index (χ0v) is 15.4. The lowest BCUT2D eigenvalue weighted by Gasteiger charge is -2.31. The number of carbonyl (C=O) groups excluding carboxylic acids is 2. The van der Waals surface area contributed by atoms with Crippen LogP contribution in [0, 0.1) is 17.2 Å². The summed E-state index contributed by atoms with van der Waals surface area (Å²) in [4.78, 5) is 24.2. The number of amides is 1. The first-order valence-corrected chi connectivity index (χ1v) is 9.06. The summed E-state index contributed by atoms with van der Waals surface area (Å²) in [6, 6.07) is 8.90. The number of nitriles is 1. The largest absolute Gasteiger partial charge is 0.493 e. The van der Waals surface area contributed by atoms with Crippen molar-refractivity contribution in [1.29, 1.82) is 5.26 Å². The molecule has 1 aromatic rings. The number of hydrogen-bond acceptors (Lipinski definition) is 5. The van der Waals surface area contributed by atoms with Gasteiger partial charge in [0.25, 0.3) is 5.91 Å². The smallest absolute Gasteiger partial charge is 0.338 e. The van der Waals surface area contributed by atoms with E-state index in [-0.39, 0.29) is 0 Å². The van der Waals surface area contributed by atoms with Crippen LogP contribution in [-0.2, 0) is 9.53 Å². The SMILES string of the molecule is CC(C)COc1cccc(C(=O)OCC(=O)NC2(C#N)CCCCC2)c1. The Balaban J connectivity index is 1.87. The summed E-state index contributed by atoms with van der Waals surface area (Å²) in [5.41, 5.74) is -0.501. The van der Waals surface area contributed by atoms with Crippen molar-refractivity contribution in [2.24, 2.45) is 5.92 Å². The predicted octanol–water partition coefficient (Wildman–Crippen LogP) is 3.22. The highest BCUT2D eigenvalue weighted by Gasteiger charge is 2.33. The number of carbonyl (C=O) groups is 2. The zero-order chi connectivity index (χ0) is 19.0. The Labute approximate surface area is 154 Å². The molecule has 1 aliphatic carbocycles. The molecule has 1 N–H and O–H groups in total. The number of esters is 1. The Bertz CT molecular complexity index is 673. The van der Waals surface area contributed by atoms with Gasteiger partial charge in [-0.15, -0.1) is 0 Å². The number of nitrogens with zero attached hydrogens (tertiary/aromatic N) is 1. The Hall–Kier alpha value is -2.55. The zero-order valence-electron chi connectivity index (χ0n) is 15.4. The lowest BCUT2D eigenvalue weighted by atomic mass is 9.83. The molecule has 1 aromatic carbocycles. The molecule has 2 rings (SSSR count). The van der Waals surface area contributed by atoms with Crippen LogP contribution < -0.4 is 10.1 Å². The van der Waals surface area contributed by atoms with Gasteiger partial charge in [-0.1, -0.05) is 39.2 Å². The molecule has 0 atom stereocenters. The van der Waals surface area contributed by atoms with Gasteiger partial charge in [-0.2, -0.15) is 5.26 Å². The van der Waals surface area contributed by atoms with Crippen molar-refractivity contribution in [3.63, 3.8) is 0 Å². The van der Waals surface area contributed by atoms with Gasteiger partial charge in [-0.3, -0.25) is 4.79 Å². The molecule has 0 saturated heterocycles. The van der Waals surface area contributed by atoms with E-state index < -0.39 is 24.0 Å². The van der Waals surface area contributed by atoms with E-state index in [4.69, 9.17) is 9.47 Å². The molecule has 1 saturated carbocycles. The molecule has 0 aliphatic heterocycles. The number of ether oxygens (including phenoxy) is 2. The summed E-state index contributed by atoms with van der Waals surface area (Å²) in [7, 11) is 0. The van der Waals surface area contributed by atoms with Crippen LogP contribution >= 0.6 is 0 Å². The molecule has 0 aromatic heterocycles. The highest BCUT2D eigenvalue weighted by Crippen LogP contribution is 2.27. The van der Waals surface area contributed by atoms with Crippen LogP contribution in [-0.4, -0.2) is 30.6 Å². The highest BCUT2D eigenvalue weighted by atomic mass is 16.5. The van der Waals surface area contributed by atoms with Crippen molar-refractivity contribution in [2.45, 2.75) is 51.5 Å². The van der Waals surface area contributed by atoms with E-state index in [0.29, 0.717) is 36.7 Å². The Morgan fingerprint density at radius 3 is 2.65 bits per heavy atom. The molecule has 1 amide bonds. The summed E-state index contributed by atoms with van der Waals surface area (Å²) in [6.45, 7) is 4.23. The highest BCUT2D eigenvalue weighted by molar-refractivity contribution is 5.91. The van der Waals surface area contributed by atoms with Crippen LogP contribution in [0.15, 0.2) is 24.3 Å². The van der Waals surface area contributed by atoms with Gasteiger partial charge in [0, 0.05) is 0 Å². The minimum atomic E-state index is -0.827. The fraction of sp³-hybridized carbons (Fsp3) is 0.550. The van der Waals surface area contributed by atoms with Gasteiger partial charge < -0.3 is 14.8 Å². The first kappa shape index (κ1) is 19.8. The van der Waals surface area contributed by atoms with Crippen LogP contribution in [0.5, 0.6) is 5.75 Å². The molecule has 1 aliphatic rings. The summed E-state index contributed by atoms with van der Waals surface area (Å²) in [6.07, 6.45) is 4.17. The average molecular weight is 358 g/mol. The number of nitrogens with one attached hydrogen (secondary N) is 1. The molecule has 140 valence electrons. The van der Waals surface area contributed by atoms with Crippen molar-refractivity contribution >= 4 is 11.9 Å². The van der Waals surface area contributed by atoms with Gasteiger partial charge in [0.1, 0.15) is 11.3 Å². The van der Waals surface area contributed by atoms with Crippen molar-refractivity contribution in [3.8, 4) is 11.8 Å². The standard InChI is InChI=1S/C20H26N2O4/c1-15(2)12-25-17-8-6-7-16(11-17)19(24)26-13-18(23)22-20(14-21)9-4-3-5-10-20/h6-8,11,15H,3-5,9-10,12-13H2,1-2H3,(H,22,23). The van der Waals surface area contributed by atoms with Crippen molar-refractivity contribution in [1.82, 2.24) is 5.32 Å². The first-order chi connectivity index (χ1) is 12.4. The molecule has 0 heterocycles. The second kappa shape index (κ2) is 9.23. The molecule has 26 heavy (non-hydrogen) atoms. The van der Waals surface area contributed by atoms with Gasteiger partial charge in [-0.25, -0.2) is 4.79 Å². The Morgan fingerprint density at radius 2 is 2.00 bits per heavy atom. The topological polar surface area (TPSA) is 88.4 Å². The van der Waals surface area contributed by atoms with Crippen LogP contribution in [0.1, 0.15) is 56.3 Å². The number of hydrogen-bond donors (Lipinski definition) is 1. The third-order valence-electron chi connectivity index (χ3n) is 4.29. The molecule has 0 spiro atoms. The summed E-state index contributed by atoms with van der Waals surface area (Å²) in [5, 5.41) is 12.1. The van der Waals surface area contributed by atoms with Gasteiger partial charge in [0.15, 0.2) is 6.61 Å². The average Bonchev–Trinajstić information content (AvgIpc) is 2.65. The monoisotopic (exact) mass is 358 g/mol. The molecule has 0 unspecified atom stereocenters. The molecular weight excluding hydrogens is 332 g/mol. The minimum Gasteiger partial charge on any atom is -0.493 e. The molecular formula is C20H26N2O4. The van der Waals surface area contributed by atoms with E-state index in [1.807, 2.05) is 13.8 Å². The van der Waals surface area contributed by atoms with Crippen LogP contribution in [0.2, 0.25) is 0 Å². The van der Waals surface area contributed by atoms with Crippen LogP contribution in [0.4, 0.5) is 0 Å². The fourth-order valence-corrected chi connectivity index (χ4v) is 2.91. The quantitative estimate of drug-likeness (QED) is 0.756. The third-order valence-corrected chi connectivity index (χ3v) is 4.29. The molecule has 6 heteroatoms. The minimum absolute atomic E-state index is 0.326. The van der Waals surface area contributed by atoms with Crippen molar-refractivity contribution in [2.75, 3.05) is 13.2 Å². The molecule has 6 nitrogen and oxygen atoms in total. The van der Waals surface area contributed by atoms with Crippen molar-refractivity contribution < 1.29 is 19.1 Å². The molecule has 0 radical (unpaired) electrons. The summed E-state index contributed by atoms with van der Waals surface area (Å²) >= 11 is 0. The normalized spacial score (nSPS) is 15.8. The fourth-order valence-electron chi connectivity index (χ4n) is 2.91. The van der Waals surface area contributed by atoms with E-state index >= 15 is 0 Å². The number of rotatable bonds is 7. The van der Waals surface area contributed by atoms with Gasteiger partial charge >= 0.3 is 5.97 Å². The lowest BCUT2D eigenvalue weighted by Crippen LogP contribution is -2.50. The van der Waals surface area contributed by atoms with Crippen molar-refractivity contribution in [3.05, 3.63) is 29.8 Å². The van der Waals surface area contributed by atoms with Gasteiger partial charge in [0.05, 0.1) is 18.2 Å². The van der Waals surface area contributed by atoms with Gasteiger partial charge in [0.2, 0.25) is 0 Å². The second-order valence-electron chi connectivity index (χ2n) is 7.11. The Morgan fingerprint density at radius 1 is 1.27 bits per heavy atom. The summed E-state index contributed by atoms with van der Waals surface area (Å²) in [5.74, 6) is -0.0800. The number of benzene rings is 1.